The zero-order valence-electron chi connectivity index (χ0n) is 24.5. The van der Waals surface area contributed by atoms with Crippen molar-refractivity contribution in [3.05, 3.63) is 34.5 Å². The summed E-state index contributed by atoms with van der Waals surface area (Å²) in [7, 11) is 0. The van der Waals surface area contributed by atoms with Gasteiger partial charge in [-0.15, -0.1) is 0 Å². The second-order valence-corrected chi connectivity index (χ2v) is 11.0. The number of esters is 1. The summed E-state index contributed by atoms with van der Waals surface area (Å²) in [5, 5.41) is 103. The molecule has 0 spiro atoms. The van der Waals surface area contributed by atoms with Crippen LogP contribution < -0.4 is 10.2 Å². The van der Waals surface area contributed by atoms with Crippen LogP contribution in [-0.2, 0) is 23.7 Å². The molecule has 0 bridgehead atoms. The molecule has 2 aliphatic rings. The lowest BCUT2D eigenvalue weighted by Gasteiger charge is -2.45. The fraction of sp³-hybridized carbons (Fsp3) is 0.448. The van der Waals surface area contributed by atoms with Gasteiger partial charge in [0.25, 0.3) is 0 Å². The molecule has 2 aromatic carbocycles. The summed E-state index contributed by atoms with van der Waals surface area (Å²) in [6.45, 7) is 1.84. The molecule has 0 radical (unpaired) electrons. The van der Waals surface area contributed by atoms with E-state index in [-0.39, 0.29) is 11.1 Å². The predicted molar refractivity (Wildman–Crippen MR) is 151 cm³/mol. The van der Waals surface area contributed by atoms with E-state index < -0.39 is 125 Å². The molecule has 10 atom stereocenters. The molecule has 0 unspecified atom stereocenters. The zero-order chi connectivity index (χ0) is 34.5. The van der Waals surface area contributed by atoms with Crippen molar-refractivity contribution in [3.8, 4) is 45.8 Å². The maximum atomic E-state index is 13.8. The minimum absolute atomic E-state index is 0.270. The summed E-state index contributed by atoms with van der Waals surface area (Å²) >= 11 is 0. The topological polar surface area (TPSA) is 296 Å². The Hall–Kier alpha value is -4.40. The number of ether oxygens (including phenoxy) is 5. The minimum Gasteiger partial charge on any atom is -0.508 e. The number of phenols is 5. The Morgan fingerprint density at radius 1 is 0.809 bits per heavy atom. The van der Waals surface area contributed by atoms with Gasteiger partial charge < -0.3 is 79.2 Å². The summed E-state index contributed by atoms with van der Waals surface area (Å²) < 4.78 is 33.4. The molecule has 0 saturated carbocycles. The Labute approximate surface area is 263 Å². The SMILES string of the molecule is CC(=O)OC[C@H]1O[C@@H](O[C@H]2[C@H](Oc3c(-c4cc(O)c(O)c(O)c4)oc4cc(O)cc(O)c4c3=O)O[C@@H](C)[C@H](O)[C@H]2O)[C@H](O)[C@@H](O)[C@@H]1O. The second kappa shape index (κ2) is 13.0. The van der Waals surface area contributed by atoms with Crippen LogP contribution in [-0.4, -0.2) is 125 Å². The summed E-state index contributed by atoms with van der Waals surface area (Å²) in [5.74, 6) is -5.93. The van der Waals surface area contributed by atoms with Gasteiger partial charge in [-0.1, -0.05) is 0 Å². The van der Waals surface area contributed by atoms with Gasteiger partial charge in [-0.3, -0.25) is 9.59 Å². The Bertz CT molecular complexity index is 1680. The van der Waals surface area contributed by atoms with Gasteiger partial charge in [0.15, 0.2) is 35.4 Å². The van der Waals surface area contributed by atoms with Crippen LogP contribution in [0.4, 0.5) is 0 Å². The van der Waals surface area contributed by atoms with Crippen molar-refractivity contribution in [3.63, 3.8) is 0 Å². The molecule has 3 aromatic rings. The van der Waals surface area contributed by atoms with Crippen LogP contribution in [0, 0.1) is 0 Å². The average molecular weight is 669 g/mol. The van der Waals surface area contributed by atoms with Gasteiger partial charge in [-0.25, -0.2) is 0 Å². The Kier molecular flexibility index (Phi) is 9.40. The van der Waals surface area contributed by atoms with E-state index in [1.165, 1.54) is 6.92 Å². The maximum Gasteiger partial charge on any atom is 0.302 e. The zero-order valence-corrected chi connectivity index (χ0v) is 24.5. The summed E-state index contributed by atoms with van der Waals surface area (Å²) in [4.78, 5) is 25.1. The number of carbonyl (C=O) groups excluding carboxylic acids is 1. The van der Waals surface area contributed by atoms with Gasteiger partial charge >= 0.3 is 5.97 Å². The molecule has 2 saturated heterocycles. The monoisotopic (exact) mass is 668 g/mol. The first-order valence-corrected chi connectivity index (χ1v) is 14.0. The Balaban J connectivity index is 1.58. The van der Waals surface area contributed by atoms with Crippen molar-refractivity contribution in [1.29, 1.82) is 0 Å². The molecule has 0 aliphatic carbocycles. The Morgan fingerprint density at radius 3 is 2.11 bits per heavy atom. The molecular formula is C29H32O18. The normalized spacial score (nSPS) is 31.0. The van der Waals surface area contributed by atoms with E-state index in [4.69, 9.17) is 28.1 Å². The van der Waals surface area contributed by atoms with Gasteiger partial charge in [0.05, 0.1) is 6.10 Å². The number of carbonyl (C=O) groups is 1. The number of aromatic hydroxyl groups is 5. The van der Waals surface area contributed by atoms with Crippen LogP contribution in [0.1, 0.15) is 13.8 Å². The van der Waals surface area contributed by atoms with Gasteiger partial charge in [0, 0.05) is 24.6 Å². The first kappa shape index (κ1) is 33.9. The van der Waals surface area contributed by atoms with E-state index in [0.717, 1.165) is 31.2 Å². The summed E-state index contributed by atoms with van der Waals surface area (Å²) in [5.41, 5.74) is -1.75. The fourth-order valence-corrected chi connectivity index (χ4v) is 5.18. The van der Waals surface area contributed by atoms with Crippen molar-refractivity contribution in [1.82, 2.24) is 0 Å². The van der Waals surface area contributed by atoms with Crippen molar-refractivity contribution in [2.24, 2.45) is 0 Å². The highest BCUT2D eigenvalue weighted by Crippen LogP contribution is 2.43. The molecule has 5 rings (SSSR count). The third-order valence-corrected chi connectivity index (χ3v) is 7.68. The second-order valence-electron chi connectivity index (χ2n) is 11.0. The molecule has 18 nitrogen and oxygen atoms in total. The van der Waals surface area contributed by atoms with Crippen molar-refractivity contribution in [2.75, 3.05) is 6.61 Å². The van der Waals surface area contributed by atoms with Gasteiger partial charge in [-0.05, 0) is 19.1 Å². The lowest BCUT2D eigenvalue weighted by Crippen LogP contribution is -2.64. The number of hydrogen-bond donors (Lipinski definition) is 10. The molecular weight excluding hydrogens is 636 g/mol. The van der Waals surface area contributed by atoms with Crippen LogP contribution in [0.15, 0.2) is 33.5 Å². The Morgan fingerprint density at radius 2 is 1.47 bits per heavy atom. The lowest BCUT2D eigenvalue weighted by molar-refractivity contribution is -0.355. The number of hydrogen-bond acceptors (Lipinski definition) is 18. The maximum absolute atomic E-state index is 13.8. The van der Waals surface area contributed by atoms with Crippen LogP contribution >= 0.6 is 0 Å². The van der Waals surface area contributed by atoms with Crippen LogP contribution in [0.5, 0.6) is 34.5 Å². The van der Waals surface area contributed by atoms with Gasteiger partial charge in [0.1, 0.15) is 65.7 Å². The third-order valence-electron chi connectivity index (χ3n) is 7.68. The van der Waals surface area contributed by atoms with E-state index in [1.807, 2.05) is 0 Å². The standard InChI is InChI=1S/C29H32O18/c1-8-18(35)23(40)27(47-28-24(41)22(39)20(37)16(45-28)7-42-9(2)30)29(43-8)46-26-21(38)17-12(32)5-11(31)6-15(17)44-25(26)10-3-13(33)19(36)14(34)4-10/h3-6,8,16,18,20,22-24,27-29,31-37,39-41H,7H2,1-2H3/t8-,16+,18-,20+,22-,23+,24+,27+,28-,29-/m0/s1. The van der Waals surface area contributed by atoms with E-state index in [2.05, 4.69) is 0 Å². The van der Waals surface area contributed by atoms with Crippen molar-refractivity contribution >= 4 is 16.9 Å². The number of rotatable bonds is 7. The number of aliphatic hydroxyl groups excluding tert-OH is 5. The van der Waals surface area contributed by atoms with E-state index in [9.17, 15) is 60.7 Å². The molecule has 0 amide bonds. The molecule has 2 fully saturated rings. The van der Waals surface area contributed by atoms with Crippen molar-refractivity contribution in [2.45, 2.75) is 75.3 Å². The number of aliphatic hydroxyl groups is 5. The highest BCUT2D eigenvalue weighted by Gasteiger charge is 2.51. The van der Waals surface area contributed by atoms with E-state index >= 15 is 0 Å². The quantitative estimate of drug-likeness (QED) is 0.102. The summed E-state index contributed by atoms with van der Waals surface area (Å²) in [6, 6.07) is 3.57. The molecule has 1 aromatic heterocycles. The number of phenolic OH excluding ortho intramolecular Hbond substituents is 5. The number of fused-ring (bicyclic) bond motifs is 1. The van der Waals surface area contributed by atoms with Crippen molar-refractivity contribution < 1.29 is 84.0 Å². The molecule has 47 heavy (non-hydrogen) atoms. The van der Waals surface area contributed by atoms with E-state index in [0.29, 0.717) is 0 Å². The first-order valence-electron chi connectivity index (χ1n) is 14.0. The van der Waals surface area contributed by atoms with Crippen LogP contribution in [0.3, 0.4) is 0 Å². The van der Waals surface area contributed by atoms with Gasteiger partial charge in [-0.2, -0.15) is 0 Å². The predicted octanol–water partition coefficient (Wildman–Crippen LogP) is -1.41. The van der Waals surface area contributed by atoms with E-state index in [1.54, 1.807) is 0 Å². The molecule has 256 valence electrons. The highest BCUT2D eigenvalue weighted by atomic mass is 16.8. The fourth-order valence-electron chi connectivity index (χ4n) is 5.18. The highest BCUT2D eigenvalue weighted by molar-refractivity contribution is 5.88. The van der Waals surface area contributed by atoms with Crippen LogP contribution in [0.25, 0.3) is 22.3 Å². The summed E-state index contributed by atoms with van der Waals surface area (Å²) in [6.07, 6.45) is -17.4. The minimum atomic E-state index is -1.98. The smallest absolute Gasteiger partial charge is 0.302 e. The third kappa shape index (κ3) is 6.45. The molecule has 10 N–H and O–H groups in total. The molecule has 3 heterocycles. The lowest BCUT2D eigenvalue weighted by atomic mass is 9.97. The number of benzene rings is 2. The van der Waals surface area contributed by atoms with Crippen LogP contribution in [0.2, 0.25) is 0 Å². The average Bonchev–Trinajstić information content (AvgIpc) is 3.00. The van der Waals surface area contributed by atoms with Gasteiger partial charge in [0.2, 0.25) is 17.5 Å². The molecule has 2 aliphatic heterocycles. The molecule has 18 heteroatoms. The first-order chi connectivity index (χ1) is 22.1. The largest absolute Gasteiger partial charge is 0.508 e.